The van der Waals surface area contributed by atoms with Gasteiger partial charge in [0.15, 0.2) is 0 Å². The van der Waals surface area contributed by atoms with E-state index in [0.717, 1.165) is 30.0 Å². The molecule has 0 aliphatic heterocycles. The van der Waals surface area contributed by atoms with E-state index >= 15 is 0 Å². The van der Waals surface area contributed by atoms with Crippen molar-refractivity contribution in [2.75, 3.05) is 6.54 Å². The first-order valence-corrected chi connectivity index (χ1v) is 8.86. The fourth-order valence-electron chi connectivity index (χ4n) is 3.52. The molecule has 128 valence electrons. The lowest BCUT2D eigenvalue weighted by molar-refractivity contribution is -0.121. The average molecular weight is 327 g/mol. The zero-order chi connectivity index (χ0) is 16.9. The Kier molecular flexibility index (Phi) is 5.28. The molecule has 0 atom stereocenters. The number of hydrogen-bond acceptors (Lipinski definition) is 3. The van der Waals surface area contributed by atoms with Crippen molar-refractivity contribution in [3.63, 3.8) is 0 Å². The molecule has 0 spiro atoms. The first kappa shape index (κ1) is 16.7. The number of para-hydroxylation sites is 1. The Morgan fingerprint density at radius 2 is 2.12 bits per heavy atom. The summed E-state index contributed by atoms with van der Waals surface area (Å²) in [5, 5.41) is 3.58. The Morgan fingerprint density at radius 1 is 1.33 bits per heavy atom. The summed E-state index contributed by atoms with van der Waals surface area (Å²) in [6.45, 7) is 3.05. The van der Waals surface area contributed by atoms with E-state index < -0.39 is 0 Å². The number of hydrogen-bond donors (Lipinski definition) is 1. The molecule has 0 unspecified atom stereocenters. The Bertz CT molecular complexity index is 776. The van der Waals surface area contributed by atoms with Crippen LogP contribution in [0.2, 0.25) is 0 Å². The lowest BCUT2D eigenvalue weighted by Crippen LogP contribution is -2.29. The number of rotatable bonds is 6. The third-order valence-corrected chi connectivity index (χ3v) is 4.98. The van der Waals surface area contributed by atoms with Gasteiger partial charge in [0, 0.05) is 19.5 Å². The van der Waals surface area contributed by atoms with Gasteiger partial charge in [-0.1, -0.05) is 37.8 Å². The predicted molar refractivity (Wildman–Crippen MR) is 94.9 cm³/mol. The summed E-state index contributed by atoms with van der Waals surface area (Å²) in [7, 11) is 0. The van der Waals surface area contributed by atoms with E-state index in [4.69, 9.17) is 0 Å². The van der Waals surface area contributed by atoms with Crippen molar-refractivity contribution in [3.8, 4) is 0 Å². The minimum absolute atomic E-state index is 0.00392. The Labute approximate surface area is 142 Å². The summed E-state index contributed by atoms with van der Waals surface area (Å²) in [4.78, 5) is 28.8. The Hall–Kier alpha value is -2.17. The van der Waals surface area contributed by atoms with Gasteiger partial charge in [0.1, 0.15) is 0 Å². The second-order valence-electron chi connectivity index (χ2n) is 6.75. The number of aromatic nitrogens is 2. The molecule has 1 amide bonds. The van der Waals surface area contributed by atoms with Crippen molar-refractivity contribution < 1.29 is 4.79 Å². The van der Waals surface area contributed by atoms with Gasteiger partial charge in [-0.3, -0.25) is 14.2 Å². The first-order chi connectivity index (χ1) is 11.6. The number of fused-ring (bicyclic) bond motifs is 1. The van der Waals surface area contributed by atoms with E-state index in [1.165, 1.54) is 30.3 Å². The van der Waals surface area contributed by atoms with Crippen molar-refractivity contribution in [2.45, 2.75) is 52.0 Å². The summed E-state index contributed by atoms with van der Waals surface area (Å²) in [5.74, 6) is 0.782. The van der Waals surface area contributed by atoms with Crippen LogP contribution in [-0.4, -0.2) is 22.0 Å². The third kappa shape index (κ3) is 3.83. The molecular formula is C19H25N3O2. The van der Waals surface area contributed by atoms with Crippen LogP contribution in [0.1, 0.15) is 44.1 Å². The Morgan fingerprint density at radius 3 is 2.92 bits per heavy atom. The molecule has 5 nitrogen and oxygen atoms in total. The van der Waals surface area contributed by atoms with Crippen LogP contribution in [0.15, 0.2) is 29.3 Å². The van der Waals surface area contributed by atoms with Crippen LogP contribution < -0.4 is 10.9 Å². The molecule has 3 rings (SSSR count). The lowest BCUT2D eigenvalue weighted by Gasteiger charge is -2.11. The molecule has 1 saturated carbocycles. The van der Waals surface area contributed by atoms with Crippen LogP contribution in [0.4, 0.5) is 0 Å². The minimum Gasteiger partial charge on any atom is -0.356 e. The van der Waals surface area contributed by atoms with Crippen molar-refractivity contribution >= 4 is 16.8 Å². The average Bonchev–Trinajstić information content (AvgIpc) is 3.08. The van der Waals surface area contributed by atoms with E-state index in [9.17, 15) is 9.59 Å². The summed E-state index contributed by atoms with van der Waals surface area (Å²) < 4.78 is 1.53. The van der Waals surface area contributed by atoms with Crippen LogP contribution in [0.25, 0.3) is 10.9 Å². The molecule has 1 N–H and O–H groups in total. The van der Waals surface area contributed by atoms with E-state index in [1.807, 2.05) is 19.1 Å². The van der Waals surface area contributed by atoms with E-state index in [-0.39, 0.29) is 11.5 Å². The number of carbonyl (C=O) groups is 1. The van der Waals surface area contributed by atoms with E-state index in [0.29, 0.717) is 18.4 Å². The SMILES string of the molecule is Cc1cccc2c(=O)n(CCC(=O)NCCC3CCCC3)cnc12. The molecule has 1 aromatic heterocycles. The normalized spacial score (nSPS) is 15.0. The molecule has 0 radical (unpaired) electrons. The maximum atomic E-state index is 12.5. The standard InChI is InChI=1S/C19H25N3O2/c1-14-5-4-8-16-18(14)21-13-22(19(16)24)12-10-17(23)20-11-9-15-6-2-3-7-15/h4-5,8,13,15H,2-3,6-7,9-12H2,1H3,(H,20,23). The number of aryl methyl sites for hydroxylation is 2. The molecule has 0 bridgehead atoms. The molecule has 1 aliphatic carbocycles. The summed E-state index contributed by atoms with van der Waals surface area (Å²) in [5.41, 5.74) is 1.64. The molecule has 2 aromatic rings. The van der Waals surface area contributed by atoms with Crippen molar-refractivity contribution in [1.29, 1.82) is 0 Å². The molecule has 1 heterocycles. The number of amides is 1. The van der Waals surface area contributed by atoms with Gasteiger partial charge < -0.3 is 5.32 Å². The van der Waals surface area contributed by atoms with Crippen molar-refractivity contribution in [1.82, 2.24) is 14.9 Å². The highest BCUT2D eigenvalue weighted by molar-refractivity contribution is 5.80. The lowest BCUT2D eigenvalue weighted by atomic mass is 10.0. The van der Waals surface area contributed by atoms with Gasteiger partial charge in [-0.05, 0) is 30.9 Å². The molecule has 24 heavy (non-hydrogen) atoms. The van der Waals surface area contributed by atoms with Crippen LogP contribution in [0.3, 0.4) is 0 Å². The molecule has 0 saturated heterocycles. The Balaban J connectivity index is 1.54. The van der Waals surface area contributed by atoms with Gasteiger partial charge in [0.25, 0.3) is 5.56 Å². The molecule has 5 heteroatoms. The highest BCUT2D eigenvalue weighted by Crippen LogP contribution is 2.26. The second kappa shape index (κ2) is 7.60. The summed E-state index contributed by atoms with van der Waals surface area (Å²) in [6.07, 6.45) is 8.18. The van der Waals surface area contributed by atoms with Crippen molar-refractivity contribution in [2.24, 2.45) is 5.92 Å². The van der Waals surface area contributed by atoms with Gasteiger partial charge in [-0.2, -0.15) is 0 Å². The van der Waals surface area contributed by atoms with E-state index in [1.54, 1.807) is 12.4 Å². The zero-order valence-corrected chi connectivity index (χ0v) is 14.3. The van der Waals surface area contributed by atoms with Gasteiger partial charge >= 0.3 is 0 Å². The zero-order valence-electron chi connectivity index (χ0n) is 14.3. The largest absolute Gasteiger partial charge is 0.356 e. The highest BCUT2D eigenvalue weighted by Gasteiger charge is 2.14. The van der Waals surface area contributed by atoms with Crippen LogP contribution in [-0.2, 0) is 11.3 Å². The molecule has 1 aromatic carbocycles. The maximum absolute atomic E-state index is 12.5. The third-order valence-electron chi connectivity index (χ3n) is 4.98. The predicted octanol–water partition coefficient (Wildman–Crippen LogP) is 2.79. The maximum Gasteiger partial charge on any atom is 0.261 e. The van der Waals surface area contributed by atoms with Crippen LogP contribution in [0, 0.1) is 12.8 Å². The van der Waals surface area contributed by atoms with Gasteiger partial charge in [-0.15, -0.1) is 0 Å². The topological polar surface area (TPSA) is 64.0 Å². The number of nitrogens with one attached hydrogen (secondary N) is 1. The van der Waals surface area contributed by atoms with Gasteiger partial charge in [-0.25, -0.2) is 4.98 Å². The van der Waals surface area contributed by atoms with Crippen LogP contribution in [0.5, 0.6) is 0 Å². The molecular weight excluding hydrogens is 302 g/mol. The smallest absolute Gasteiger partial charge is 0.261 e. The van der Waals surface area contributed by atoms with Gasteiger partial charge in [0.2, 0.25) is 5.91 Å². The summed E-state index contributed by atoms with van der Waals surface area (Å²) in [6, 6.07) is 5.59. The monoisotopic (exact) mass is 327 g/mol. The molecule has 1 aliphatic rings. The van der Waals surface area contributed by atoms with E-state index in [2.05, 4.69) is 10.3 Å². The van der Waals surface area contributed by atoms with Crippen LogP contribution >= 0.6 is 0 Å². The first-order valence-electron chi connectivity index (χ1n) is 8.86. The fraction of sp³-hybridized carbons (Fsp3) is 0.526. The second-order valence-corrected chi connectivity index (χ2v) is 6.75. The quantitative estimate of drug-likeness (QED) is 0.887. The number of carbonyl (C=O) groups excluding carboxylic acids is 1. The van der Waals surface area contributed by atoms with Crippen molar-refractivity contribution in [3.05, 3.63) is 40.4 Å². The fourth-order valence-corrected chi connectivity index (χ4v) is 3.52. The summed E-state index contributed by atoms with van der Waals surface area (Å²) >= 11 is 0. The highest BCUT2D eigenvalue weighted by atomic mass is 16.1. The van der Waals surface area contributed by atoms with Gasteiger partial charge in [0.05, 0.1) is 17.2 Å². The minimum atomic E-state index is -0.0811. The number of nitrogens with zero attached hydrogens (tertiary/aromatic N) is 2. The number of benzene rings is 1. The molecule has 1 fully saturated rings.